The fraction of sp³-hybridized carbons (Fsp3) is 0.333. The van der Waals surface area contributed by atoms with Crippen molar-refractivity contribution >= 4 is 27.5 Å². The fourth-order valence-corrected chi connectivity index (χ4v) is 4.13. The molecule has 0 fully saturated rings. The van der Waals surface area contributed by atoms with Crippen LogP contribution in [0.2, 0.25) is 5.02 Å². The van der Waals surface area contributed by atoms with E-state index in [4.69, 9.17) is 11.6 Å². The highest BCUT2D eigenvalue weighted by Crippen LogP contribution is 2.37. The lowest BCUT2D eigenvalue weighted by molar-refractivity contribution is 0.456. The molecule has 3 heteroatoms. The van der Waals surface area contributed by atoms with Gasteiger partial charge in [0, 0.05) is 21.5 Å². The monoisotopic (exact) mass is 363 g/mol. The van der Waals surface area contributed by atoms with Gasteiger partial charge >= 0.3 is 0 Å². The van der Waals surface area contributed by atoms with Gasteiger partial charge in [0.2, 0.25) is 0 Å². The first-order valence-corrected chi connectivity index (χ1v) is 8.55. The third-order valence-electron chi connectivity index (χ3n) is 4.49. The van der Waals surface area contributed by atoms with E-state index >= 15 is 0 Å². The molecular weight excluding hydrogens is 346 g/mol. The number of fused-ring (bicyclic) bond motifs is 1. The lowest BCUT2D eigenvalue weighted by atomic mass is 9.89. The van der Waals surface area contributed by atoms with Crippen LogP contribution in [0.1, 0.15) is 29.0 Å². The maximum atomic E-state index is 6.38. The summed E-state index contributed by atoms with van der Waals surface area (Å²) >= 11 is 9.85. The molecule has 2 atom stereocenters. The second-order valence-corrected chi connectivity index (χ2v) is 7.00. The number of likely N-dealkylation sites (N-methyl/N-ethyl adjacent to an activating group) is 1. The first-order chi connectivity index (χ1) is 10.2. The molecule has 1 aliphatic carbocycles. The van der Waals surface area contributed by atoms with Crippen LogP contribution in [-0.2, 0) is 12.8 Å². The molecule has 2 aromatic rings. The van der Waals surface area contributed by atoms with Crippen LogP contribution in [0.3, 0.4) is 0 Å². The van der Waals surface area contributed by atoms with Crippen LogP contribution >= 0.6 is 27.5 Å². The van der Waals surface area contributed by atoms with Gasteiger partial charge in [-0.2, -0.15) is 0 Å². The van der Waals surface area contributed by atoms with E-state index < -0.39 is 0 Å². The average molecular weight is 365 g/mol. The minimum Gasteiger partial charge on any atom is -0.316 e. The summed E-state index contributed by atoms with van der Waals surface area (Å²) in [5.74, 6) is 0.575. The van der Waals surface area contributed by atoms with E-state index in [2.05, 4.69) is 64.7 Å². The Morgan fingerprint density at radius 1 is 1.29 bits per heavy atom. The molecule has 0 aliphatic heterocycles. The molecule has 1 N–H and O–H groups in total. The molecule has 1 aliphatic rings. The smallest absolute Gasteiger partial charge is 0.0449 e. The summed E-state index contributed by atoms with van der Waals surface area (Å²) in [6.07, 6.45) is 3.37. The van der Waals surface area contributed by atoms with Crippen LogP contribution in [-0.4, -0.2) is 13.1 Å². The Labute approximate surface area is 139 Å². The van der Waals surface area contributed by atoms with Crippen molar-refractivity contribution in [1.82, 2.24) is 5.32 Å². The van der Waals surface area contributed by atoms with Crippen molar-refractivity contribution in [3.8, 4) is 0 Å². The zero-order valence-corrected chi connectivity index (χ0v) is 14.4. The van der Waals surface area contributed by atoms with Gasteiger partial charge in [-0.1, -0.05) is 57.9 Å². The maximum absolute atomic E-state index is 6.38. The summed E-state index contributed by atoms with van der Waals surface area (Å²) in [4.78, 5) is 0. The van der Waals surface area contributed by atoms with Crippen LogP contribution in [0.25, 0.3) is 0 Å². The molecule has 2 unspecified atom stereocenters. The summed E-state index contributed by atoms with van der Waals surface area (Å²) in [5.41, 5.74) is 4.22. The molecule has 0 saturated carbocycles. The Morgan fingerprint density at radius 2 is 2.10 bits per heavy atom. The highest BCUT2D eigenvalue weighted by molar-refractivity contribution is 9.10. The van der Waals surface area contributed by atoms with Crippen molar-refractivity contribution in [2.45, 2.75) is 31.2 Å². The van der Waals surface area contributed by atoms with Gasteiger partial charge < -0.3 is 5.32 Å². The number of aryl methyl sites for hydroxylation is 1. The van der Waals surface area contributed by atoms with E-state index in [0.717, 1.165) is 15.9 Å². The SMILES string of the molecule is CNC(Cc1ccc(Br)cc1Cl)C1CCc2ccccc21. The molecule has 1 nitrogen and oxygen atoms in total. The van der Waals surface area contributed by atoms with Gasteiger partial charge in [0.25, 0.3) is 0 Å². The van der Waals surface area contributed by atoms with Gasteiger partial charge in [0.1, 0.15) is 0 Å². The molecule has 110 valence electrons. The zero-order chi connectivity index (χ0) is 14.8. The molecule has 3 rings (SSSR count). The highest BCUT2D eigenvalue weighted by atomic mass is 79.9. The summed E-state index contributed by atoms with van der Waals surface area (Å²) in [6, 6.07) is 15.4. The molecule has 0 saturated heterocycles. The standard InChI is InChI=1S/C18H19BrClN/c1-21-18(10-13-6-8-14(19)11-17(13)20)16-9-7-12-4-2-3-5-15(12)16/h2-6,8,11,16,18,21H,7,9-10H2,1H3. The molecule has 0 bridgehead atoms. The first kappa shape index (κ1) is 15.1. The largest absolute Gasteiger partial charge is 0.316 e. The van der Waals surface area contributed by atoms with E-state index in [1.54, 1.807) is 0 Å². The normalized spacial score (nSPS) is 18.5. The fourth-order valence-electron chi connectivity index (χ4n) is 3.38. The van der Waals surface area contributed by atoms with E-state index in [1.807, 2.05) is 6.07 Å². The van der Waals surface area contributed by atoms with E-state index in [9.17, 15) is 0 Å². The summed E-state index contributed by atoms with van der Waals surface area (Å²) < 4.78 is 1.03. The third kappa shape index (κ3) is 3.18. The maximum Gasteiger partial charge on any atom is 0.0449 e. The Bertz CT molecular complexity index is 641. The molecule has 0 spiro atoms. The van der Waals surface area contributed by atoms with Crippen LogP contribution in [0.4, 0.5) is 0 Å². The number of benzene rings is 2. The Kier molecular flexibility index (Phi) is 4.68. The Balaban J connectivity index is 1.83. The van der Waals surface area contributed by atoms with Crippen LogP contribution in [0.15, 0.2) is 46.9 Å². The predicted molar refractivity (Wildman–Crippen MR) is 93.2 cm³/mol. The lowest BCUT2D eigenvalue weighted by Gasteiger charge is -2.24. The molecule has 21 heavy (non-hydrogen) atoms. The predicted octanol–water partition coefficient (Wildman–Crippen LogP) is 4.96. The Hall–Kier alpha value is -0.830. The van der Waals surface area contributed by atoms with E-state index in [-0.39, 0.29) is 0 Å². The lowest BCUT2D eigenvalue weighted by Crippen LogP contribution is -2.33. The average Bonchev–Trinajstić information content (AvgIpc) is 2.91. The first-order valence-electron chi connectivity index (χ1n) is 7.38. The van der Waals surface area contributed by atoms with Crippen molar-refractivity contribution in [3.63, 3.8) is 0 Å². The van der Waals surface area contributed by atoms with Crippen molar-refractivity contribution < 1.29 is 0 Å². The van der Waals surface area contributed by atoms with Crippen molar-refractivity contribution in [2.75, 3.05) is 7.05 Å². The number of hydrogen-bond donors (Lipinski definition) is 1. The van der Waals surface area contributed by atoms with Crippen molar-refractivity contribution in [3.05, 3.63) is 68.7 Å². The number of nitrogens with one attached hydrogen (secondary N) is 1. The zero-order valence-electron chi connectivity index (χ0n) is 12.1. The quantitative estimate of drug-likeness (QED) is 0.808. The van der Waals surface area contributed by atoms with Crippen molar-refractivity contribution in [2.24, 2.45) is 0 Å². The molecule has 0 radical (unpaired) electrons. The molecule has 0 amide bonds. The number of rotatable bonds is 4. The molecule has 0 aromatic heterocycles. The molecule has 2 aromatic carbocycles. The van der Waals surface area contributed by atoms with E-state index in [0.29, 0.717) is 12.0 Å². The van der Waals surface area contributed by atoms with Gasteiger partial charge in [-0.05, 0) is 55.1 Å². The Morgan fingerprint density at radius 3 is 2.86 bits per heavy atom. The summed E-state index contributed by atoms with van der Waals surface area (Å²) in [6.45, 7) is 0. The molecular formula is C18H19BrClN. The summed E-state index contributed by atoms with van der Waals surface area (Å²) in [7, 11) is 2.05. The number of halogens is 2. The van der Waals surface area contributed by atoms with Gasteiger partial charge in [-0.25, -0.2) is 0 Å². The minimum absolute atomic E-state index is 0.423. The summed E-state index contributed by atoms with van der Waals surface area (Å²) in [5, 5.41) is 4.35. The van der Waals surface area contributed by atoms with Crippen LogP contribution in [0, 0.1) is 0 Å². The molecule has 0 heterocycles. The van der Waals surface area contributed by atoms with Gasteiger partial charge in [-0.15, -0.1) is 0 Å². The topological polar surface area (TPSA) is 12.0 Å². The second-order valence-electron chi connectivity index (χ2n) is 5.68. The van der Waals surface area contributed by atoms with Crippen LogP contribution < -0.4 is 5.32 Å². The van der Waals surface area contributed by atoms with E-state index in [1.165, 1.54) is 29.5 Å². The highest BCUT2D eigenvalue weighted by Gasteiger charge is 2.29. The van der Waals surface area contributed by atoms with Crippen LogP contribution in [0.5, 0.6) is 0 Å². The second kappa shape index (κ2) is 6.51. The van der Waals surface area contributed by atoms with Gasteiger partial charge in [0.05, 0.1) is 0 Å². The van der Waals surface area contributed by atoms with Gasteiger partial charge in [-0.3, -0.25) is 0 Å². The van der Waals surface area contributed by atoms with Crippen molar-refractivity contribution in [1.29, 1.82) is 0 Å². The number of hydrogen-bond acceptors (Lipinski definition) is 1. The van der Waals surface area contributed by atoms with Gasteiger partial charge in [0.15, 0.2) is 0 Å². The third-order valence-corrected chi connectivity index (χ3v) is 5.34. The minimum atomic E-state index is 0.423.